The average molecular weight is 419 g/mol. The van der Waals surface area contributed by atoms with Gasteiger partial charge in [0.05, 0.1) is 12.2 Å². The highest BCUT2D eigenvalue weighted by atomic mass is 16.1. The molecule has 160 valence electrons. The Morgan fingerprint density at radius 3 is 2.65 bits per heavy atom. The van der Waals surface area contributed by atoms with E-state index in [1.165, 1.54) is 0 Å². The van der Waals surface area contributed by atoms with Crippen LogP contribution in [0.25, 0.3) is 17.2 Å². The maximum atomic E-state index is 12.3. The molecule has 3 heterocycles. The first-order chi connectivity index (χ1) is 15.2. The van der Waals surface area contributed by atoms with Crippen molar-refractivity contribution in [2.75, 3.05) is 0 Å². The van der Waals surface area contributed by atoms with Crippen molar-refractivity contribution in [2.45, 2.75) is 52.5 Å². The number of nitrogens with zero attached hydrogens (tertiary/aromatic N) is 7. The first-order valence-electron chi connectivity index (χ1n) is 10.7. The number of tetrazole rings is 1. The number of aromatic amines is 1. The van der Waals surface area contributed by atoms with Crippen molar-refractivity contribution >= 4 is 5.78 Å². The standard InChI is InChI=1S/C22H26N8O/c1-3-5-9-20-23-22(19(31)7-4-2)26-30(20)15-16-10-12-17(13-11-16)29-14-6-8-18(29)21-24-27-28-25-21/h6,8,10-14H,3-5,7,9,15H2,1-2H3,(H,24,25,27,28). The number of benzene rings is 1. The number of ketones is 1. The molecule has 9 nitrogen and oxygen atoms in total. The Kier molecular flexibility index (Phi) is 6.30. The number of H-pyrrole nitrogens is 1. The number of aryl methyl sites for hydroxylation is 1. The molecule has 9 heteroatoms. The van der Waals surface area contributed by atoms with Crippen LogP contribution in [0.15, 0.2) is 42.6 Å². The first kappa shape index (κ1) is 20.6. The van der Waals surface area contributed by atoms with Crippen molar-refractivity contribution in [2.24, 2.45) is 0 Å². The van der Waals surface area contributed by atoms with Gasteiger partial charge in [-0.3, -0.25) is 4.79 Å². The minimum Gasteiger partial charge on any atom is -0.314 e. The van der Waals surface area contributed by atoms with E-state index in [0.717, 1.165) is 48.5 Å². The van der Waals surface area contributed by atoms with Gasteiger partial charge >= 0.3 is 0 Å². The fourth-order valence-electron chi connectivity index (χ4n) is 3.47. The molecule has 0 amide bonds. The van der Waals surface area contributed by atoms with Gasteiger partial charge in [-0.05, 0) is 47.9 Å². The lowest BCUT2D eigenvalue weighted by molar-refractivity contribution is 0.0971. The summed E-state index contributed by atoms with van der Waals surface area (Å²) in [6, 6.07) is 12.1. The van der Waals surface area contributed by atoms with E-state index >= 15 is 0 Å². The van der Waals surface area contributed by atoms with Gasteiger partial charge in [0.2, 0.25) is 17.4 Å². The summed E-state index contributed by atoms with van der Waals surface area (Å²) in [4.78, 5) is 16.8. The minimum atomic E-state index is 0.0101. The van der Waals surface area contributed by atoms with Gasteiger partial charge in [-0.2, -0.15) is 5.21 Å². The van der Waals surface area contributed by atoms with E-state index in [0.29, 0.717) is 24.6 Å². The summed E-state index contributed by atoms with van der Waals surface area (Å²) in [6.07, 6.45) is 6.14. The number of aromatic nitrogens is 8. The third kappa shape index (κ3) is 4.60. The highest BCUT2D eigenvalue weighted by Gasteiger charge is 2.16. The van der Waals surface area contributed by atoms with Gasteiger partial charge in [-0.15, -0.1) is 15.3 Å². The minimum absolute atomic E-state index is 0.0101. The lowest BCUT2D eigenvalue weighted by atomic mass is 10.2. The van der Waals surface area contributed by atoms with Crippen molar-refractivity contribution in [3.8, 4) is 17.2 Å². The summed E-state index contributed by atoms with van der Waals surface area (Å²) < 4.78 is 3.88. The van der Waals surface area contributed by atoms with Gasteiger partial charge in [0.25, 0.3) is 0 Å². The highest BCUT2D eigenvalue weighted by Crippen LogP contribution is 2.21. The SMILES string of the molecule is CCCCc1nc(C(=O)CCC)nn1Cc1ccc(-n2cccc2-c2nn[nH]n2)cc1. The quantitative estimate of drug-likeness (QED) is 0.394. The second-order valence-corrected chi connectivity index (χ2v) is 7.45. The van der Waals surface area contributed by atoms with Crippen LogP contribution in [0.1, 0.15) is 61.5 Å². The Morgan fingerprint density at radius 2 is 1.94 bits per heavy atom. The summed E-state index contributed by atoms with van der Waals surface area (Å²) in [5.74, 6) is 1.76. The molecule has 31 heavy (non-hydrogen) atoms. The molecule has 0 aliphatic carbocycles. The smallest absolute Gasteiger partial charge is 0.221 e. The highest BCUT2D eigenvalue weighted by molar-refractivity contribution is 5.92. The third-order valence-corrected chi connectivity index (χ3v) is 5.10. The normalized spacial score (nSPS) is 11.2. The van der Waals surface area contributed by atoms with Crippen LogP contribution in [-0.4, -0.2) is 45.7 Å². The molecule has 0 saturated carbocycles. The number of hydrogen-bond acceptors (Lipinski definition) is 6. The molecule has 0 radical (unpaired) electrons. The van der Waals surface area contributed by atoms with Crippen molar-refractivity contribution in [3.63, 3.8) is 0 Å². The van der Waals surface area contributed by atoms with Gasteiger partial charge in [0.1, 0.15) is 5.82 Å². The zero-order valence-corrected chi connectivity index (χ0v) is 17.8. The number of hydrogen-bond donors (Lipinski definition) is 1. The molecule has 0 aliphatic rings. The molecule has 0 fully saturated rings. The van der Waals surface area contributed by atoms with Gasteiger partial charge in [0.15, 0.2) is 0 Å². The van der Waals surface area contributed by atoms with E-state index in [-0.39, 0.29) is 5.78 Å². The van der Waals surface area contributed by atoms with E-state index in [1.54, 1.807) is 0 Å². The third-order valence-electron chi connectivity index (χ3n) is 5.10. The van der Waals surface area contributed by atoms with Crippen molar-refractivity contribution < 1.29 is 4.79 Å². The van der Waals surface area contributed by atoms with E-state index in [1.807, 2.05) is 46.6 Å². The van der Waals surface area contributed by atoms with Gasteiger partial charge in [0, 0.05) is 24.7 Å². The monoisotopic (exact) mass is 418 g/mol. The summed E-state index contributed by atoms with van der Waals surface area (Å²) >= 11 is 0. The molecule has 0 unspecified atom stereocenters. The van der Waals surface area contributed by atoms with E-state index in [4.69, 9.17) is 0 Å². The Hall–Kier alpha value is -3.62. The number of carbonyl (C=O) groups is 1. The molecular weight excluding hydrogens is 392 g/mol. The predicted molar refractivity (Wildman–Crippen MR) is 116 cm³/mol. The van der Waals surface area contributed by atoms with Crippen LogP contribution in [0.5, 0.6) is 0 Å². The van der Waals surface area contributed by atoms with Gasteiger partial charge in [-0.1, -0.05) is 32.4 Å². The molecule has 0 bridgehead atoms. The van der Waals surface area contributed by atoms with Crippen LogP contribution in [0.4, 0.5) is 0 Å². The van der Waals surface area contributed by atoms with Crippen molar-refractivity contribution in [3.05, 3.63) is 59.8 Å². The Balaban J connectivity index is 1.55. The largest absolute Gasteiger partial charge is 0.314 e. The number of Topliss-reactive ketones (excluding diaryl/α,β-unsaturated/α-hetero) is 1. The molecule has 0 saturated heterocycles. The molecule has 0 atom stereocenters. The average Bonchev–Trinajstić information content (AvgIpc) is 3.53. The Morgan fingerprint density at radius 1 is 1.10 bits per heavy atom. The Labute approximate surface area is 180 Å². The van der Waals surface area contributed by atoms with Crippen LogP contribution >= 0.6 is 0 Å². The van der Waals surface area contributed by atoms with Crippen molar-refractivity contribution in [1.29, 1.82) is 0 Å². The second kappa shape index (κ2) is 9.46. The maximum Gasteiger partial charge on any atom is 0.221 e. The molecule has 4 rings (SSSR count). The second-order valence-electron chi connectivity index (χ2n) is 7.45. The van der Waals surface area contributed by atoms with E-state index in [9.17, 15) is 4.79 Å². The zero-order valence-electron chi connectivity index (χ0n) is 17.8. The number of nitrogens with one attached hydrogen (secondary N) is 1. The van der Waals surface area contributed by atoms with E-state index in [2.05, 4.69) is 49.8 Å². The van der Waals surface area contributed by atoms with Crippen LogP contribution in [-0.2, 0) is 13.0 Å². The fourth-order valence-corrected chi connectivity index (χ4v) is 3.47. The lowest BCUT2D eigenvalue weighted by Gasteiger charge is -2.09. The van der Waals surface area contributed by atoms with Crippen molar-refractivity contribution in [1.82, 2.24) is 40.0 Å². The first-order valence-corrected chi connectivity index (χ1v) is 10.7. The zero-order chi connectivity index (χ0) is 21.6. The molecular formula is C22H26N8O. The van der Waals surface area contributed by atoms with Crippen LogP contribution in [0.2, 0.25) is 0 Å². The molecule has 4 aromatic rings. The number of rotatable bonds is 10. The molecule has 0 aliphatic heterocycles. The summed E-state index contributed by atoms with van der Waals surface area (Å²) in [5, 5.41) is 18.8. The topological polar surface area (TPSA) is 107 Å². The van der Waals surface area contributed by atoms with Crippen LogP contribution < -0.4 is 0 Å². The van der Waals surface area contributed by atoms with Gasteiger partial charge in [-0.25, -0.2) is 9.67 Å². The predicted octanol–water partition coefficient (Wildman–Crippen LogP) is 3.62. The summed E-state index contributed by atoms with van der Waals surface area (Å²) in [7, 11) is 0. The number of unbranched alkanes of at least 4 members (excludes halogenated alkanes) is 1. The van der Waals surface area contributed by atoms with E-state index < -0.39 is 0 Å². The van der Waals surface area contributed by atoms with Gasteiger partial charge < -0.3 is 4.57 Å². The van der Waals surface area contributed by atoms with Crippen LogP contribution in [0.3, 0.4) is 0 Å². The lowest BCUT2D eigenvalue weighted by Crippen LogP contribution is -2.08. The number of carbonyl (C=O) groups excluding carboxylic acids is 1. The summed E-state index contributed by atoms with van der Waals surface area (Å²) in [6.45, 7) is 4.71. The van der Waals surface area contributed by atoms with Crippen LogP contribution in [0, 0.1) is 0 Å². The molecule has 3 aromatic heterocycles. The molecule has 1 N–H and O–H groups in total. The Bertz CT molecular complexity index is 1120. The molecule has 0 spiro atoms. The maximum absolute atomic E-state index is 12.3. The fraction of sp³-hybridized carbons (Fsp3) is 0.364. The molecule has 1 aromatic carbocycles. The summed E-state index contributed by atoms with van der Waals surface area (Å²) in [5.41, 5.74) is 2.95.